The number of pyridine rings is 1. The van der Waals surface area contributed by atoms with Crippen LogP contribution in [0.3, 0.4) is 0 Å². The van der Waals surface area contributed by atoms with Crippen LogP contribution in [0.1, 0.15) is 5.69 Å². The Balaban J connectivity index is 1.83. The summed E-state index contributed by atoms with van der Waals surface area (Å²) >= 11 is 0. The van der Waals surface area contributed by atoms with Gasteiger partial charge in [0.05, 0.1) is 13.2 Å². The van der Waals surface area contributed by atoms with Crippen LogP contribution in [0, 0.1) is 0 Å². The smallest absolute Gasteiger partial charge is 0.433 e. The summed E-state index contributed by atoms with van der Waals surface area (Å²) < 4.78 is 43.9. The molecule has 0 atom stereocenters. The predicted octanol–water partition coefficient (Wildman–Crippen LogP) is 2.42. The number of halogens is 3. The third kappa shape index (κ3) is 3.78. The molecule has 0 bridgehead atoms. The van der Waals surface area contributed by atoms with E-state index in [0.29, 0.717) is 18.7 Å². The molecule has 3 rings (SSSR count). The summed E-state index contributed by atoms with van der Waals surface area (Å²) in [5, 5.41) is 2.89. The number of alkyl halides is 3. The van der Waals surface area contributed by atoms with Crippen molar-refractivity contribution in [2.24, 2.45) is 0 Å². The van der Waals surface area contributed by atoms with Crippen LogP contribution in [0.2, 0.25) is 0 Å². The Labute approximate surface area is 140 Å². The number of carbonyl (C=O) groups is 1. The summed E-state index contributed by atoms with van der Waals surface area (Å²) in [5.74, 6) is -0.00692. The number of carbonyl (C=O) groups excluding carboxylic acids is 1. The van der Waals surface area contributed by atoms with Gasteiger partial charge in [0.15, 0.2) is 11.5 Å². The van der Waals surface area contributed by atoms with Crippen molar-refractivity contribution in [2.75, 3.05) is 25.5 Å². The van der Waals surface area contributed by atoms with Gasteiger partial charge in [0, 0.05) is 37.1 Å². The first-order valence-electron chi connectivity index (χ1n) is 7.33. The predicted molar refractivity (Wildman–Crippen MR) is 81.7 cm³/mol. The number of amides is 1. The van der Waals surface area contributed by atoms with Gasteiger partial charge in [-0.25, -0.2) is 14.8 Å². The van der Waals surface area contributed by atoms with Crippen molar-refractivity contribution in [3.8, 4) is 11.4 Å². The largest absolute Gasteiger partial charge is 0.453 e. The zero-order valence-corrected chi connectivity index (χ0v) is 13.1. The van der Waals surface area contributed by atoms with E-state index in [4.69, 9.17) is 0 Å². The van der Waals surface area contributed by atoms with Gasteiger partial charge in [-0.15, -0.1) is 0 Å². The normalized spacial score (nSPS) is 14.8. The SMILES string of the molecule is COC(=O)N1CC(Nc2cc(C(F)(F)F)nc(-c3ccncc3)n2)C1. The molecular weight excluding hydrogens is 339 g/mol. The number of methoxy groups -OCH3 is 1. The van der Waals surface area contributed by atoms with E-state index in [1.54, 1.807) is 0 Å². The lowest BCUT2D eigenvalue weighted by atomic mass is 10.1. The molecule has 0 saturated carbocycles. The number of aromatic nitrogens is 3. The molecule has 1 fully saturated rings. The molecule has 2 aromatic rings. The first kappa shape index (κ1) is 16.9. The maximum Gasteiger partial charge on any atom is 0.433 e. The molecule has 1 aliphatic rings. The van der Waals surface area contributed by atoms with Crippen molar-refractivity contribution >= 4 is 11.9 Å². The monoisotopic (exact) mass is 353 g/mol. The number of nitrogens with zero attached hydrogens (tertiary/aromatic N) is 4. The quantitative estimate of drug-likeness (QED) is 0.913. The van der Waals surface area contributed by atoms with Crippen LogP contribution in [-0.2, 0) is 10.9 Å². The van der Waals surface area contributed by atoms with Crippen molar-refractivity contribution in [3.63, 3.8) is 0 Å². The molecule has 0 radical (unpaired) electrons. The molecule has 132 valence electrons. The van der Waals surface area contributed by atoms with Gasteiger partial charge in [-0.05, 0) is 12.1 Å². The summed E-state index contributed by atoms with van der Waals surface area (Å²) in [6.45, 7) is 0.644. The van der Waals surface area contributed by atoms with Gasteiger partial charge in [0.25, 0.3) is 0 Å². The molecular formula is C15H14F3N5O2. The van der Waals surface area contributed by atoms with Gasteiger partial charge in [0.1, 0.15) is 5.82 Å². The maximum absolute atomic E-state index is 13.1. The molecule has 0 aliphatic carbocycles. The highest BCUT2D eigenvalue weighted by Gasteiger charge is 2.35. The van der Waals surface area contributed by atoms with E-state index in [1.165, 1.54) is 36.5 Å². The molecule has 0 unspecified atom stereocenters. The highest BCUT2D eigenvalue weighted by molar-refractivity contribution is 5.69. The highest BCUT2D eigenvalue weighted by atomic mass is 19.4. The van der Waals surface area contributed by atoms with Crippen LogP contribution < -0.4 is 5.32 Å². The van der Waals surface area contributed by atoms with Gasteiger partial charge in [0.2, 0.25) is 0 Å². The Kier molecular flexibility index (Phi) is 4.43. The third-order valence-corrected chi connectivity index (χ3v) is 3.62. The first-order valence-corrected chi connectivity index (χ1v) is 7.33. The van der Waals surface area contributed by atoms with Crippen molar-refractivity contribution in [3.05, 3.63) is 36.3 Å². The second-order valence-corrected chi connectivity index (χ2v) is 5.41. The van der Waals surface area contributed by atoms with E-state index in [1.807, 2.05) is 0 Å². The second kappa shape index (κ2) is 6.54. The lowest BCUT2D eigenvalue weighted by Crippen LogP contribution is -2.57. The van der Waals surface area contributed by atoms with E-state index in [9.17, 15) is 18.0 Å². The standard InChI is InChI=1S/C15H14F3N5O2/c1-25-14(24)23-7-10(8-23)20-12-6-11(15(16,17)18)21-13(22-12)9-2-4-19-5-3-9/h2-6,10H,7-8H2,1H3,(H,20,21,22). The Morgan fingerprint density at radius 3 is 2.56 bits per heavy atom. The number of hydrogen-bond donors (Lipinski definition) is 1. The van der Waals surface area contributed by atoms with E-state index in [2.05, 4.69) is 25.0 Å². The minimum atomic E-state index is -4.60. The number of rotatable bonds is 3. The Bertz CT molecular complexity index is 764. The number of anilines is 1. The van der Waals surface area contributed by atoms with E-state index in [-0.39, 0.29) is 17.7 Å². The van der Waals surface area contributed by atoms with Crippen LogP contribution in [-0.4, -0.2) is 52.2 Å². The molecule has 10 heteroatoms. The van der Waals surface area contributed by atoms with Gasteiger partial charge < -0.3 is 15.0 Å². The first-order chi connectivity index (χ1) is 11.9. The Morgan fingerprint density at radius 1 is 1.28 bits per heavy atom. The van der Waals surface area contributed by atoms with Crippen molar-refractivity contribution in [2.45, 2.75) is 12.2 Å². The molecule has 0 spiro atoms. The van der Waals surface area contributed by atoms with Crippen LogP contribution in [0.25, 0.3) is 11.4 Å². The third-order valence-electron chi connectivity index (χ3n) is 3.62. The van der Waals surface area contributed by atoms with Gasteiger partial charge in [-0.3, -0.25) is 4.98 Å². The van der Waals surface area contributed by atoms with Crippen molar-refractivity contribution in [1.82, 2.24) is 19.9 Å². The highest BCUT2D eigenvalue weighted by Crippen LogP contribution is 2.31. The molecule has 1 amide bonds. The van der Waals surface area contributed by atoms with Crippen LogP contribution in [0.5, 0.6) is 0 Å². The number of hydrogen-bond acceptors (Lipinski definition) is 6. The fourth-order valence-electron chi connectivity index (χ4n) is 2.35. The van der Waals surface area contributed by atoms with Crippen molar-refractivity contribution in [1.29, 1.82) is 0 Å². The fraction of sp³-hybridized carbons (Fsp3) is 0.333. The topological polar surface area (TPSA) is 80.2 Å². The molecule has 0 aromatic carbocycles. The zero-order chi connectivity index (χ0) is 18.0. The van der Waals surface area contributed by atoms with E-state index < -0.39 is 18.0 Å². The Morgan fingerprint density at radius 2 is 1.96 bits per heavy atom. The van der Waals surface area contributed by atoms with Gasteiger partial charge in [-0.2, -0.15) is 13.2 Å². The molecule has 25 heavy (non-hydrogen) atoms. The Hall–Kier alpha value is -2.91. The summed E-state index contributed by atoms with van der Waals surface area (Å²) in [7, 11) is 1.27. The molecule has 1 N–H and O–H groups in total. The van der Waals surface area contributed by atoms with Gasteiger partial charge in [-0.1, -0.05) is 0 Å². The summed E-state index contributed by atoms with van der Waals surface area (Å²) in [4.78, 5) is 24.3. The number of likely N-dealkylation sites (tertiary alicyclic amines) is 1. The minimum absolute atomic E-state index is 0.0450. The lowest BCUT2D eigenvalue weighted by Gasteiger charge is -2.38. The number of ether oxygens (including phenoxy) is 1. The molecule has 1 saturated heterocycles. The second-order valence-electron chi connectivity index (χ2n) is 5.41. The average Bonchev–Trinajstić information content (AvgIpc) is 2.57. The molecule has 7 nitrogen and oxygen atoms in total. The molecule has 2 aromatic heterocycles. The summed E-state index contributed by atoms with van der Waals surface area (Å²) in [5.41, 5.74) is -0.616. The van der Waals surface area contributed by atoms with Gasteiger partial charge >= 0.3 is 12.3 Å². The minimum Gasteiger partial charge on any atom is -0.453 e. The van der Waals surface area contributed by atoms with Crippen LogP contribution in [0.4, 0.5) is 23.8 Å². The maximum atomic E-state index is 13.1. The average molecular weight is 353 g/mol. The summed E-state index contributed by atoms with van der Waals surface area (Å²) in [6, 6.07) is 3.70. The van der Waals surface area contributed by atoms with E-state index >= 15 is 0 Å². The zero-order valence-electron chi connectivity index (χ0n) is 13.1. The van der Waals surface area contributed by atoms with Crippen molar-refractivity contribution < 1.29 is 22.7 Å². The summed E-state index contributed by atoms with van der Waals surface area (Å²) in [6.07, 6.45) is -2.17. The van der Waals surface area contributed by atoms with Crippen LogP contribution in [0.15, 0.2) is 30.6 Å². The van der Waals surface area contributed by atoms with E-state index in [0.717, 1.165) is 6.07 Å². The van der Waals surface area contributed by atoms with Crippen LogP contribution >= 0.6 is 0 Å². The molecule has 3 heterocycles. The lowest BCUT2D eigenvalue weighted by molar-refractivity contribution is -0.141. The number of nitrogens with one attached hydrogen (secondary N) is 1. The molecule has 1 aliphatic heterocycles. The fourth-order valence-corrected chi connectivity index (χ4v) is 2.35.